The molecule has 0 aromatic carbocycles. The summed E-state index contributed by atoms with van der Waals surface area (Å²) in [4.78, 5) is 3.69. The Morgan fingerprint density at radius 3 is 2.72 bits per heavy atom. The zero-order valence-corrected chi connectivity index (χ0v) is 11.1. The summed E-state index contributed by atoms with van der Waals surface area (Å²) in [5.41, 5.74) is -2.51. The Bertz CT molecular complexity index is 641. The van der Waals surface area contributed by atoms with E-state index < -0.39 is 26.8 Å². The van der Waals surface area contributed by atoms with Gasteiger partial charge in [0.1, 0.15) is 20.4 Å². The van der Waals surface area contributed by atoms with E-state index in [1.807, 2.05) is 0 Å². The predicted molar refractivity (Wildman–Crippen MR) is 65.1 cm³/mol. The van der Waals surface area contributed by atoms with E-state index in [1.54, 1.807) is 0 Å². The van der Waals surface area contributed by atoms with Crippen LogP contribution in [0.4, 0.5) is 8.78 Å². The van der Waals surface area contributed by atoms with Crippen LogP contribution in [0, 0.1) is 0 Å². The summed E-state index contributed by atoms with van der Waals surface area (Å²) < 4.78 is 50.8. The van der Waals surface area contributed by atoms with Crippen molar-refractivity contribution in [3.05, 3.63) is 39.6 Å². The van der Waals surface area contributed by atoms with Gasteiger partial charge < -0.3 is 0 Å². The van der Waals surface area contributed by atoms with Crippen LogP contribution in [0.1, 0.15) is 5.01 Å². The Morgan fingerprint density at radius 2 is 2.22 bits per heavy atom. The number of rotatable bonds is 2. The van der Waals surface area contributed by atoms with Gasteiger partial charge in [0.2, 0.25) is 15.7 Å². The van der Waals surface area contributed by atoms with E-state index in [0.717, 1.165) is 23.5 Å². The third-order valence-electron chi connectivity index (χ3n) is 2.37. The van der Waals surface area contributed by atoms with Crippen LogP contribution in [0.15, 0.2) is 30.3 Å². The van der Waals surface area contributed by atoms with Gasteiger partial charge in [0.15, 0.2) is 0 Å². The van der Waals surface area contributed by atoms with Gasteiger partial charge >= 0.3 is 0 Å². The van der Waals surface area contributed by atoms with Gasteiger partial charge in [0, 0.05) is 0 Å². The number of allylic oxidation sites excluding steroid dienone is 3. The lowest BCUT2D eigenvalue weighted by molar-refractivity contribution is 0.234. The first-order valence-electron chi connectivity index (χ1n) is 4.62. The lowest BCUT2D eigenvalue weighted by Crippen LogP contribution is -2.43. The molecule has 1 aliphatic carbocycles. The topological polar surface area (TPSA) is 73.1 Å². The number of thiazole rings is 1. The highest BCUT2D eigenvalue weighted by molar-refractivity contribution is 7.90. The molecule has 1 aromatic rings. The van der Waals surface area contributed by atoms with E-state index in [1.165, 1.54) is 6.20 Å². The highest BCUT2D eigenvalue weighted by atomic mass is 35.5. The van der Waals surface area contributed by atoms with E-state index >= 15 is 0 Å². The molecule has 0 aliphatic heterocycles. The largest absolute Gasteiger partial charge is 0.244 e. The van der Waals surface area contributed by atoms with Crippen LogP contribution >= 0.6 is 22.9 Å². The molecule has 0 amide bonds. The SMILES string of the molecule is NS(=O)(=O)C1C=C(F)C=CC1(F)c1ncc(Cl)s1. The monoisotopic (exact) mass is 312 g/mol. The minimum Gasteiger partial charge on any atom is -0.244 e. The number of hydrogen-bond acceptors (Lipinski definition) is 4. The maximum absolute atomic E-state index is 14.8. The number of nitrogens with zero attached hydrogens (tertiary/aromatic N) is 1. The highest BCUT2D eigenvalue weighted by Gasteiger charge is 2.48. The first kappa shape index (κ1) is 13.6. The van der Waals surface area contributed by atoms with Crippen LogP contribution in [0.5, 0.6) is 0 Å². The van der Waals surface area contributed by atoms with Crippen LogP contribution in [0.25, 0.3) is 0 Å². The molecule has 0 spiro atoms. The van der Waals surface area contributed by atoms with E-state index in [2.05, 4.69) is 4.98 Å². The van der Waals surface area contributed by atoms with Gasteiger partial charge in [-0.05, 0) is 18.2 Å². The Kier molecular flexibility index (Phi) is 3.30. The summed E-state index contributed by atoms with van der Waals surface area (Å²) in [5.74, 6) is -0.870. The van der Waals surface area contributed by atoms with Gasteiger partial charge in [-0.3, -0.25) is 0 Å². The molecule has 2 atom stereocenters. The molecule has 0 radical (unpaired) electrons. The van der Waals surface area contributed by atoms with Crippen molar-refractivity contribution in [1.29, 1.82) is 0 Å². The molecule has 0 saturated carbocycles. The smallest absolute Gasteiger partial charge is 0.219 e. The molecule has 2 N–H and O–H groups in total. The van der Waals surface area contributed by atoms with E-state index in [9.17, 15) is 17.2 Å². The summed E-state index contributed by atoms with van der Waals surface area (Å²) in [7, 11) is -4.32. The van der Waals surface area contributed by atoms with Crippen molar-refractivity contribution >= 4 is 33.0 Å². The molecule has 18 heavy (non-hydrogen) atoms. The third-order valence-corrected chi connectivity index (χ3v) is 4.80. The second-order valence-electron chi connectivity index (χ2n) is 3.63. The number of alkyl halides is 1. The molecule has 0 bridgehead atoms. The molecule has 1 aliphatic rings. The first-order valence-corrected chi connectivity index (χ1v) is 7.43. The van der Waals surface area contributed by atoms with Crippen molar-refractivity contribution in [3.8, 4) is 0 Å². The Hall–Kier alpha value is -0.830. The van der Waals surface area contributed by atoms with Gasteiger partial charge in [-0.2, -0.15) is 0 Å². The minimum atomic E-state index is -4.32. The zero-order chi connectivity index (χ0) is 13.6. The number of nitrogens with two attached hydrogens (primary N) is 1. The van der Waals surface area contributed by atoms with Gasteiger partial charge in [0.25, 0.3) is 0 Å². The summed E-state index contributed by atoms with van der Waals surface area (Å²) in [5, 5.41) is 2.87. The van der Waals surface area contributed by atoms with Crippen LogP contribution in [0.2, 0.25) is 4.34 Å². The van der Waals surface area contributed by atoms with Crippen molar-refractivity contribution in [3.63, 3.8) is 0 Å². The molecule has 0 fully saturated rings. The molecular formula is C9H7ClF2N2O2S2. The Morgan fingerprint density at radius 1 is 1.56 bits per heavy atom. The number of hydrogen-bond donors (Lipinski definition) is 1. The average molecular weight is 313 g/mol. The fourth-order valence-electron chi connectivity index (χ4n) is 1.58. The molecule has 2 unspecified atom stereocenters. The molecular weight excluding hydrogens is 306 g/mol. The lowest BCUT2D eigenvalue weighted by Gasteiger charge is -2.27. The van der Waals surface area contributed by atoms with Crippen molar-refractivity contribution in [2.24, 2.45) is 5.14 Å². The van der Waals surface area contributed by atoms with Crippen molar-refractivity contribution in [2.75, 3.05) is 0 Å². The molecule has 98 valence electrons. The van der Waals surface area contributed by atoms with Crippen molar-refractivity contribution in [1.82, 2.24) is 4.98 Å². The minimum absolute atomic E-state index is 0.188. The molecule has 9 heteroatoms. The quantitative estimate of drug-likeness (QED) is 0.908. The van der Waals surface area contributed by atoms with E-state index in [0.29, 0.717) is 6.08 Å². The summed E-state index contributed by atoms with van der Waals surface area (Å²) >= 11 is 6.40. The van der Waals surface area contributed by atoms with E-state index in [4.69, 9.17) is 16.7 Å². The summed E-state index contributed by atoms with van der Waals surface area (Å²) in [6.07, 6.45) is 3.42. The van der Waals surface area contributed by atoms with Crippen LogP contribution in [0.3, 0.4) is 0 Å². The Balaban J connectivity index is 2.58. The van der Waals surface area contributed by atoms with Gasteiger partial charge in [-0.1, -0.05) is 11.6 Å². The van der Waals surface area contributed by atoms with E-state index in [-0.39, 0.29) is 9.34 Å². The number of sulfonamides is 1. The maximum Gasteiger partial charge on any atom is 0.219 e. The van der Waals surface area contributed by atoms with Gasteiger partial charge in [-0.15, -0.1) is 11.3 Å². The van der Waals surface area contributed by atoms with Crippen LogP contribution < -0.4 is 5.14 Å². The van der Waals surface area contributed by atoms with Crippen LogP contribution in [-0.4, -0.2) is 18.7 Å². The fraction of sp³-hybridized carbons (Fsp3) is 0.222. The number of halogens is 3. The normalized spacial score (nSPS) is 28.2. The molecule has 2 rings (SSSR count). The number of aromatic nitrogens is 1. The first-order chi connectivity index (χ1) is 8.23. The molecule has 1 aromatic heterocycles. The predicted octanol–water partition coefficient (Wildman–Crippen LogP) is 2.04. The lowest BCUT2D eigenvalue weighted by atomic mass is 9.97. The Labute approximate surface area is 111 Å². The molecule has 1 heterocycles. The third kappa shape index (κ3) is 2.33. The van der Waals surface area contributed by atoms with Gasteiger partial charge in [0.05, 0.1) is 6.20 Å². The second kappa shape index (κ2) is 4.37. The fourth-order valence-corrected chi connectivity index (χ4v) is 3.65. The van der Waals surface area contributed by atoms with Crippen molar-refractivity contribution < 1.29 is 17.2 Å². The van der Waals surface area contributed by atoms with Crippen LogP contribution in [-0.2, 0) is 15.7 Å². The molecule has 4 nitrogen and oxygen atoms in total. The van der Waals surface area contributed by atoms with Gasteiger partial charge in [-0.25, -0.2) is 27.3 Å². The standard InChI is InChI=1S/C9H7ClF2N2O2S2/c10-7-4-14-8(17-7)9(12)2-1-5(11)3-6(9)18(13,15)16/h1-4,6H,(H2,13,15,16). The molecule has 0 saturated heterocycles. The summed E-state index contributed by atoms with van der Waals surface area (Å²) in [6, 6.07) is 0. The average Bonchev–Trinajstić information content (AvgIpc) is 2.68. The highest BCUT2D eigenvalue weighted by Crippen LogP contribution is 2.41. The van der Waals surface area contributed by atoms with Crippen molar-refractivity contribution in [2.45, 2.75) is 10.9 Å². The zero-order valence-electron chi connectivity index (χ0n) is 8.68. The second-order valence-corrected chi connectivity index (χ2v) is 6.98. The number of primary sulfonamides is 1. The summed E-state index contributed by atoms with van der Waals surface area (Å²) in [6.45, 7) is 0. The maximum atomic E-state index is 14.8.